The quantitative estimate of drug-likeness (QED) is 0.285. The number of phenols is 1. The molecule has 0 radical (unpaired) electrons. The van der Waals surface area contributed by atoms with Crippen molar-refractivity contribution in [3.8, 4) is 17.2 Å². The molecule has 0 fully saturated rings. The Hall–Kier alpha value is -3.27. The molecule has 4 N–H and O–H groups in total. The Kier molecular flexibility index (Phi) is 8.91. The van der Waals surface area contributed by atoms with Crippen molar-refractivity contribution in [2.45, 2.75) is 32.0 Å². The summed E-state index contributed by atoms with van der Waals surface area (Å²) in [5.74, 6) is 1.59. The first-order valence-electron chi connectivity index (χ1n) is 12.4. The van der Waals surface area contributed by atoms with Gasteiger partial charge in [-0.25, -0.2) is 8.42 Å². The Morgan fingerprint density at radius 1 is 1.03 bits per heavy atom. The highest BCUT2D eigenvalue weighted by molar-refractivity contribution is 7.92. The van der Waals surface area contributed by atoms with Crippen molar-refractivity contribution in [1.82, 2.24) is 5.32 Å². The van der Waals surface area contributed by atoms with E-state index >= 15 is 0 Å². The monoisotopic (exact) mass is 526 g/mol. The van der Waals surface area contributed by atoms with Crippen LogP contribution in [0.15, 0.2) is 66.7 Å². The van der Waals surface area contributed by atoms with Crippen LogP contribution >= 0.6 is 0 Å². The number of phenolic OH excluding ortho intramolecular Hbond substituents is 1. The summed E-state index contributed by atoms with van der Waals surface area (Å²) in [6.45, 7) is 1.51. The topological polar surface area (TPSA) is 117 Å². The van der Waals surface area contributed by atoms with Gasteiger partial charge in [0.1, 0.15) is 36.6 Å². The number of benzene rings is 3. The number of aliphatic hydroxyl groups is 1. The minimum atomic E-state index is -3.53. The summed E-state index contributed by atoms with van der Waals surface area (Å²) in [7, 11) is -3.53. The minimum Gasteiger partial charge on any atom is -0.508 e. The Labute approximate surface area is 218 Å². The van der Waals surface area contributed by atoms with Gasteiger partial charge in [0.2, 0.25) is 10.0 Å². The Morgan fingerprint density at radius 3 is 2.62 bits per heavy atom. The summed E-state index contributed by atoms with van der Waals surface area (Å²) in [4.78, 5) is 0. The lowest BCUT2D eigenvalue weighted by molar-refractivity contribution is 0.105. The number of aromatic hydroxyl groups is 1. The van der Waals surface area contributed by atoms with E-state index in [9.17, 15) is 18.6 Å². The molecule has 0 amide bonds. The smallest absolute Gasteiger partial charge is 0.229 e. The van der Waals surface area contributed by atoms with Gasteiger partial charge in [-0.2, -0.15) is 0 Å². The van der Waals surface area contributed by atoms with Gasteiger partial charge in [-0.15, -0.1) is 0 Å². The number of rotatable bonds is 12. The van der Waals surface area contributed by atoms with E-state index in [0.29, 0.717) is 36.3 Å². The molecule has 198 valence electrons. The highest BCUT2D eigenvalue weighted by atomic mass is 32.2. The Morgan fingerprint density at radius 2 is 1.84 bits per heavy atom. The Balaban J connectivity index is 1.26. The number of hydrogen-bond acceptors (Lipinski definition) is 7. The lowest BCUT2D eigenvalue weighted by Crippen LogP contribution is -2.35. The zero-order valence-electron chi connectivity index (χ0n) is 20.9. The average Bonchev–Trinajstić information content (AvgIpc) is 2.86. The molecule has 1 aliphatic rings. The summed E-state index contributed by atoms with van der Waals surface area (Å²) in [5.41, 5.74) is 3.72. The molecule has 0 saturated carbocycles. The van der Waals surface area contributed by atoms with E-state index in [0.717, 1.165) is 37.6 Å². The fourth-order valence-electron chi connectivity index (χ4n) is 4.44. The predicted octanol–water partition coefficient (Wildman–Crippen LogP) is 3.48. The third kappa shape index (κ3) is 8.38. The third-order valence-corrected chi connectivity index (χ3v) is 6.85. The zero-order chi connectivity index (χ0) is 26.3. The number of fused-ring (bicyclic) bond motifs is 1. The summed E-state index contributed by atoms with van der Waals surface area (Å²) >= 11 is 0. The molecule has 2 atom stereocenters. The van der Waals surface area contributed by atoms with Crippen molar-refractivity contribution in [2.24, 2.45) is 5.92 Å². The number of anilines is 1. The first-order chi connectivity index (χ1) is 17.7. The molecule has 4 rings (SSSR count). The van der Waals surface area contributed by atoms with Crippen molar-refractivity contribution in [2.75, 3.05) is 30.7 Å². The van der Waals surface area contributed by atoms with Gasteiger partial charge in [0, 0.05) is 12.6 Å². The highest BCUT2D eigenvalue weighted by Crippen LogP contribution is 2.31. The minimum absolute atomic E-state index is 0.0578. The van der Waals surface area contributed by atoms with Gasteiger partial charge in [0.15, 0.2) is 0 Å². The summed E-state index contributed by atoms with van der Waals surface area (Å²) in [6, 6.07) is 20.0. The van der Waals surface area contributed by atoms with Crippen LogP contribution in [0.4, 0.5) is 5.69 Å². The SMILES string of the molecule is CS(=O)(=O)Nc1cc(OC[C@H](O)CNCC2CCc3cc(O)ccc3C2)ccc1OCc1ccccc1. The molecule has 8 nitrogen and oxygen atoms in total. The molecule has 9 heteroatoms. The second-order valence-corrected chi connectivity index (χ2v) is 11.2. The molecular formula is C28H34N2O6S. The van der Waals surface area contributed by atoms with Crippen molar-refractivity contribution in [1.29, 1.82) is 0 Å². The maximum atomic E-state index is 11.9. The van der Waals surface area contributed by atoms with Crippen LogP contribution in [0, 0.1) is 5.92 Å². The molecule has 0 bridgehead atoms. The Bertz CT molecular complexity index is 1280. The normalized spacial score (nSPS) is 16.0. The third-order valence-electron chi connectivity index (χ3n) is 6.26. The largest absolute Gasteiger partial charge is 0.508 e. The molecule has 37 heavy (non-hydrogen) atoms. The fraction of sp³-hybridized carbons (Fsp3) is 0.357. The van der Waals surface area contributed by atoms with E-state index in [1.807, 2.05) is 42.5 Å². The molecular weight excluding hydrogens is 492 g/mol. The van der Waals surface area contributed by atoms with Gasteiger partial charge in [-0.05, 0) is 72.7 Å². The summed E-state index contributed by atoms with van der Waals surface area (Å²) < 4.78 is 37.8. The van der Waals surface area contributed by atoms with Gasteiger partial charge in [0.05, 0.1) is 11.9 Å². The molecule has 0 aliphatic heterocycles. The van der Waals surface area contributed by atoms with Gasteiger partial charge < -0.3 is 25.0 Å². The number of ether oxygens (including phenoxy) is 2. The summed E-state index contributed by atoms with van der Waals surface area (Å²) in [6.07, 6.45) is 3.27. The van der Waals surface area contributed by atoms with Crippen molar-refractivity contribution in [3.63, 3.8) is 0 Å². The van der Waals surface area contributed by atoms with Gasteiger partial charge in [-0.3, -0.25) is 4.72 Å². The van der Waals surface area contributed by atoms with Crippen LogP contribution in [0.1, 0.15) is 23.1 Å². The van der Waals surface area contributed by atoms with Gasteiger partial charge >= 0.3 is 0 Å². The van der Waals surface area contributed by atoms with Gasteiger partial charge in [0.25, 0.3) is 0 Å². The molecule has 0 saturated heterocycles. The van der Waals surface area contributed by atoms with Crippen molar-refractivity contribution >= 4 is 15.7 Å². The highest BCUT2D eigenvalue weighted by Gasteiger charge is 2.19. The zero-order valence-corrected chi connectivity index (χ0v) is 21.7. The fourth-order valence-corrected chi connectivity index (χ4v) is 5.00. The van der Waals surface area contributed by atoms with Crippen LogP contribution < -0.4 is 19.5 Å². The van der Waals surface area contributed by atoms with E-state index < -0.39 is 16.1 Å². The van der Waals surface area contributed by atoms with Crippen LogP contribution in [-0.4, -0.2) is 50.7 Å². The number of nitrogens with one attached hydrogen (secondary N) is 2. The lowest BCUT2D eigenvalue weighted by Gasteiger charge is -2.25. The van der Waals surface area contributed by atoms with Gasteiger partial charge in [-0.1, -0.05) is 36.4 Å². The standard InChI is InChI=1S/C28H34N2O6S/c1-37(33,34)30-27-15-26(11-12-28(27)36-18-20-5-3-2-4-6-20)35-19-25(32)17-29-16-21-7-8-23-14-24(31)10-9-22(23)13-21/h2-6,9-12,14-15,21,25,29-32H,7-8,13,16-19H2,1H3/t21?,25-/m1/s1. The molecule has 3 aromatic carbocycles. The molecule has 0 spiro atoms. The number of hydrogen-bond donors (Lipinski definition) is 4. The van der Waals surface area contributed by atoms with Crippen LogP contribution in [0.25, 0.3) is 0 Å². The van der Waals surface area contributed by atoms with E-state index in [4.69, 9.17) is 9.47 Å². The number of sulfonamides is 1. The van der Waals surface area contributed by atoms with Crippen LogP contribution in [0.3, 0.4) is 0 Å². The average molecular weight is 527 g/mol. The first-order valence-corrected chi connectivity index (χ1v) is 14.3. The van der Waals surface area contributed by atoms with Crippen molar-refractivity contribution in [3.05, 3.63) is 83.4 Å². The second-order valence-electron chi connectivity index (χ2n) is 9.49. The predicted molar refractivity (Wildman–Crippen MR) is 144 cm³/mol. The second kappa shape index (κ2) is 12.3. The lowest BCUT2D eigenvalue weighted by atomic mass is 9.84. The molecule has 3 aromatic rings. The molecule has 1 aliphatic carbocycles. The van der Waals surface area contributed by atoms with E-state index in [1.165, 1.54) is 11.1 Å². The molecule has 1 unspecified atom stereocenters. The van der Waals surface area contributed by atoms with E-state index in [-0.39, 0.29) is 12.3 Å². The molecule has 0 heterocycles. The number of aliphatic hydroxyl groups excluding tert-OH is 1. The van der Waals surface area contributed by atoms with Crippen LogP contribution in [0.2, 0.25) is 0 Å². The maximum Gasteiger partial charge on any atom is 0.229 e. The molecule has 0 aromatic heterocycles. The van der Waals surface area contributed by atoms with Crippen LogP contribution in [0.5, 0.6) is 17.2 Å². The first kappa shape index (κ1) is 26.8. The van der Waals surface area contributed by atoms with Crippen molar-refractivity contribution < 1.29 is 28.1 Å². The van der Waals surface area contributed by atoms with E-state index in [1.54, 1.807) is 24.3 Å². The number of aryl methyl sites for hydroxylation is 1. The summed E-state index contributed by atoms with van der Waals surface area (Å²) in [5, 5.41) is 23.4. The maximum absolute atomic E-state index is 11.9. The van der Waals surface area contributed by atoms with E-state index in [2.05, 4.69) is 10.0 Å². The van der Waals surface area contributed by atoms with Crippen LogP contribution in [-0.2, 0) is 29.5 Å².